The van der Waals surface area contributed by atoms with Crippen LogP contribution < -0.4 is 5.32 Å². The van der Waals surface area contributed by atoms with Crippen molar-refractivity contribution in [2.75, 3.05) is 31.6 Å². The van der Waals surface area contributed by atoms with Gasteiger partial charge in [0.15, 0.2) is 5.11 Å². The van der Waals surface area contributed by atoms with E-state index >= 15 is 0 Å². The summed E-state index contributed by atoms with van der Waals surface area (Å²) >= 11 is 5.59. The SMILES string of the molecule is C[C@@H]1CCC[C@@H](C)N1C(=S)Nc1ccc(S(=O)(=O)N2CCOCC2)cc1. The van der Waals surface area contributed by atoms with Crippen LogP contribution in [-0.4, -0.2) is 61.1 Å². The number of likely N-dealkylation sites (tertiary alicyclic amines) is 1. The van der Waals surface area contributed by atoms with Crippen molar-refractivity contribution in [2.45, 2.75) is 50.1 Å². The molecule has 0 bridgehead atoms. The number of rotatable bonds is 3. The van der Waals surface area contributed by atoms with Crippen LogP contribution in [0, 0.1) is 0 Å². The predicted molar refractivity (Wildman–Crippen MR) is 107 cm³/mol. The third kappa shape index (κ3) is 4.19. The molecule has 0 saturated carbocycles. The lowest BCUT2D eigenvalue weighted by Crippen LogP contribution is -2.49. The lowest BCUT2D eigenvalue weighted by molar-refractivity contribution is 0.0730. The summed E-state index contributed by atoms with van der Waals surface area (Å²) in [5, 5.41) is 3.96. The van der Waals surface area contributed by atoms with Gasteiger partial charge in [-0.2, -0.15) is 4.31 Å². The van der Waals surface area contributed by atoms with Gasteiger partial charge in [-0.15, -0.1) is 0 Å². The quantitative estimate of drug-likeness (QED) is 0.792. The molecule has 2 heterocycles. The first-order valence-corrected chi connectivity index (χ1v) is 11.0. The maximum Gasteiger partial charge on any atom is 0.243 e. The molecule has 0 radical (unpaired) electrons. The highest BCUT2D eigenvalue weighted by molar-refractivity contribution is 7.89. The molecule has 1 N–H and O–H groups in total. The normalized spacial score (nSPS) is 25.1. The summed E-state index contributed by atoms with van der Waals surface area (Å²) in [5.74, 6) is 0. The molecule has 2 atom stereocenters. The standard InChI is InChI=1S/C18H27N3O3S2/c1-14-4-3-5-15(2)21(14)18(25)19-16-6-8-17(9-7-16)26(22,23)20-10-12-24-13-11-20/h6-9,14-15H,3-5,10-13H2,1-2H3,(H,19,25)/t14-,15-/m1/s1. The van der Waals surface area contributed by atoms with Crippen LogP contribution in [0.15, 0.2) is 29.2 Å². The molecule has 2 fully saturated rings. The van der Waals surface area contributed by atoms with E-state index in [4.69, 9.17) is 17.0 Å². The first kappa shape index (κ1) is 19.5. The number of sulfonamides is 1. The summed E-state index contributed by atoms with van der Waals surface area (Å²) < 4.78 is 32.0. The van der Waals surface area contributed by atoms with Gasteiger partial charge < -0.3 is 15.0 Å². The first-order chi connectivity index (χ1) is 12.4. The second kappa shape index (κ2) is 8.21. The van der Waals surface area contributed by atoms with E-state index in [-0.39, 0.29) is 0 Å². The summed E-state index contributed by atoms with van der Waals surface area (Å²) in [6.07, 6.45) is 3.52. The molecule has 8 heteroatoms. The molecule has 1 aromatic carbocycles. The number of hydrogen-bond donors (Lipinski definition) is 1. The number of ether oxygens (including phenoxy) is 1. The average molecular weight is 398 g/mol. The number of thiocarbonyl (C=S) groups is 1. The molecule has 2 aliphatic heterocycles. The van der Waals surface area contributed by atoms with Crippen molar-refractivity contribution in [3.63, 3.8) is 0 Å². The molecule has 0 aromatic heterocycles. The Morgan fingerprint density at radius 3 is 2.27 bits per heavy atom. The third-order valence-electron chi connectivity index (χ3n) is 5.14. The fourth-order valence-electron chi connectivity index (χ4n) is 3.66. The van der Waals surface area contributed by atoms with Gasteiger partial charge in [-0.1, -0.05) is 0 Å². The van der Waals surface area contributed by atoms with E-state index in [9.17, 15) is 8.42 Å². The molecule has 0 unspecified atom stereocenters. The van der Waals surface area contributed by atoms with Gasteiger partial charge in [0.25, 0.3) is 0 Å². The molecule has 6 nitrogen and oxygen atoms in total. The van der Waals surface area contributed by atoms with Crippen molar-refractivity contribution >= 4 is 33.0 Å². The molecule has 2 aliphatic rings. The van der Waals surface area contributed by atoms with E-state index in [1.165, 1.54) is 10.7 Å². The second-order valence-corrected chi connectivity index (χ2v) is 9.33. The minimum absolute atomic E-state index is 0.301. The van der Waals surface area contributed by atoms with Gasteiger partial charge in [0.1, 0.15) is 0 Å². The van der Waals surface area contributed by atoms with Crippen molar-refractivity contribution in [3.8, 4) is 0 Å². The zero-order chi connectivity index (χ0) is 18.7. The average Bonchev–Trinajstić information content (AvgIpc) is 2.63. The van der Waals surface area contributed by atoms with Crippen LogP contribution in [0.25, 0.3) is 0 Å². The van der Waals surface area contributed by atoms with Gasteiger partial charge in [-0.25, -0.2) is 8.42 Å². The maximum atomic E-state index is 12.7. The minimum Gasteiger partial charge on any atom is -0.379 e. The van der Waals surface area contributed by atoms with Crippen molar-refractivity contribution in [3.05, 3.63) is 24.3 Å². The largest absolute Gasteiger partial charge is 0.379 e. The summed E-state index contributed by atoms with van der Waals surface area (Å²) in [4.78, 5) is 2.55. The summed E-state index contributed by atoms with van der Waals surface area (Å²) in [6.45, 7) is 6.08. The molecular formula is C18H27N3O3S2. The van der Waals surface area contributed by atoms with Crippen LogP contribution in [0.3, 0.4) is 0 Å². The highest BCUT2D eigenvalue weighted by Gasteiger charge is 2.28. The Labute approximate surface area is 161 Å². The molecule has 1 aromatic rings. The summed E-state index contributed by atoms with van der Waals surface area (Å²) in [6, 6.07) is 7.66. The number of nitrogens with zero attached hydrogens (tertiary/aromatic N) is 2. The monoisotopic (exact) mass is 397 g/mol. The van der Waals surface area contributed by atoms with Crippen LogP contribution in [0.1, 0.15) is 33.1 Å². The molecule has 0 aliphatic carbocycles. The van der Waals surface area contributed by atoms with Crippen LogP contribution in [0.2, 0.25) is 0 Å². The Morgan fingerprint density at radius 1 is 1.12 bits per heavy atom. The van der Waals surface area contributed by atoms with E-state index in [2.05, 4.69) is 24.1 Å². The van der Waals surface area contributed by atoms with Gasteiger partial charge in [-0.05, 0) is 69.6 Å². The molecular weight excluding hydrogens is 370 g/mol. The number of hydrogen-bond acceptors (Lipinski definition) is 4. The van der Waals surface area contributed by atoms with Gasteiger partial charge in [-0.3, -0.25) is 0 Å². The number of piperidine rings is 1. The van der Waals surface area contributed by atoms with Crippen molar-refractivity contribution in [2.24, 2.45) is 0 Å². The van der Waals surface area contributed by atoms with E-state index in [0.717, 1.165) is 18.5 Å². The zero-order valence-corrected chi connectivity index (χ0v) is 17.0. The van der Waals surface area contributed by atoms with Crippen molar-refractivity contribution < 1.29 is 13.2 Å². The minimum atomic E-state index is -3.46. The van der Waals surface area contributed by atoms with E-state index in [0.29, 0.717) is 48.4 Å². The van der Waals surface area contributed by atoms with E-state index in [1.807, 2.05) is 0 Å². The van der Waals surface area contributed by atoms with Gasteiger partial charge in [0.05, 0.1) is 18.1 Å². The smallest absolute Gasteiger partial charge is 0.243 e. The zero-order valence-electron chi connectivity index (χ0n) is 15.3. The number of morpholine rings is 1. The number of anilines is 1. The second-order valence-electron chi connectivity index (χ2n) is 7.01. The van der Waals surface area contributed by atoms with Crippen LogP contribution in [0.5, 0.6) is 0 Å². The Hall–Kier alpha value is -1.22. The maximum absolute atomic E-state index is 12.7. The van der Waals surface area contributed by atoms with Crippen LogP contribution in [0.4, 0.5) is 5.69 Å². The van der Waals surface area contributed by atoms with Crippen LogP contribution >= 0.6 is 12.2 Å². The van der Waals surface area contributed by atoms with E-state index in [1.54, 1.807) is 24.3 Å². The lowest BCUT2D eigenvalue weighted by Gasteiger charge is -2.40. The molecule has 2 saturated heterocycles. The van der Waals surface area contributed by atoms with Crippen LogP contribution in [-0.2, 0) is 14.8 Å². The van der Waals surface area contributed by atoms with Gasteiger partial charge >= 0.3 is 0 Å². The van der Waals surface area contributed by atoms with E-state index < -0.39 is 10.0 Å². The Bertz CT molecular complexity index is 721. The molecule has 0 amide bonds. The molecule has 0 spiro atoms. The Morgan fingerprint density at radius 2 is 1.69 bits per heavy atom. The topological polar surface area (TPSA) is 61.9 Å². The number of benzene rings is 1. The Balaban J connectivity index is 1.68. The molecule has 144 valence electrons. The fourth-order valence-corrected chi connectivity index (χ4v) is 5.54. The third-order valence-corrected chi connectivity index (χ3v) is 7.37. The van der Waals surface area contributed by atoms with Crippen molar-refractivity contribution in [1.82, 2.24) is 9.21 Å². The molecule has 3 rings (SSSR count). The Kier molecular flexibility index (Phi) is 6.17. The molecule has 26 heavy (non-hydrogen) atoms. The fraction of sp³-hybridized carbons (Fsp3) is 0.611. The summed E-state index contributed by atoms with van der Waals surface area (Å²) in [7, 11) is -3.46. The lowest BCUT2D eigenvalue weighted by atomic mass is 9.98. The highest BCUT2D eigenvalue weighted by Crippen LogP contribution is 2.24. The highest BCUT2D eigenvalue weighted by atomic mass is 32.2. The van der Waals surface area contributed by atoms with Gasteiger partial charge in [0.2, 0.25) is 10.0 Å². The summed E-state index contributed by atoms with van der Waals surface area (Å²) in [5.41, 5.74) is 0.806. The van der Waals surface area contributed by atoms with Gasteiger partial charge in [0, 0.05) is 30.9 Å². The number of nitrogens with one attached hydrogen (secondary N) is 1. The first-order valence-electron chi connectivity index (χ1n) is 9.17. The predicted octanol–water partition coefficient (Wildman–Crippen LogP) is 2.67. The van der Waals surface area contributed by atoms with Crippen molar-refractivity contribution in [1.29, 1.82) is 0 Å².